The number of hydrogen-bond acceptors (Lipinski definition) is 3. The minimum Gasteiger partial charge on any atom is -0.347 e. The monoisotopic (exact) mass is 350 g/mol. The molecule has 6 nitrogen and oxygen atoms in total. The highest BCUT2D eigenvalue weighted by Gasteiger charge is 2.22. The fourth-order valence-electron chi connectivity index (χ4n) is 2.82. The summed E-state index contributed by atoms with van der Waals surface area (Å²) in [6.07, 6.45) is 3.81. The van der Waals surface area contributed by atoms with Crippen LogP contribution in [0.25, 0.3) is 10.9 Å². The first kappa shape index (κ1) is 18.3. The van der Waals surface area contributed by atoms with Crippen LogP contribution in [0, 0.1) is 0 Å². The topological polar surface area (TPSA) is 66.4 Å². The third-order valence-electron chi connectivity index (χ3n) is 4.22. The van der Waals surface area contributed by atoms with E-state index < -0.39 is 0 Å². The molecule has 2 N–H and O–H groups in total. The first-order valence-electron chi connectivity index (χ1n) is 7.88. The molecule has 0 spiro atoms. The van der Waals surface area contributed by atoms with Gasteiger partial charge < -0.3 is 20.1 Å². The van der Waals surface area contributed by atoms with Crippen molar-refractivity contribution in [3.05, 3.63) is 30.5 Å². The lowest BCUT2D eigenvalue weighted by Crippen LogP contribution is -2.35. The third kappa shape index (κ3) is 3.88. The minimum absolute atomic E-state index is 0. The standard InChI is InChI=1S/C17H22N4O2.ClH/c1-20(2)16(22)11-21-9-7-12-5-6-13(10-15(12)21)19-17(23)14-4-3-8-18-14;/h5-7,9-10,14,18H,3-4,8,11H2,1-2H3,(H,19,23);1H. The molecule has 2 heterocycles. The fraction of sp³-hybridized carbons (Fsp3) is 0.412. The molecule has 1 fully saturated rings. The number of carbonyl (C=O) groups excluding carboxylic acids is 2. The van der Waals surface area contributed by atoms with E-state index in [9.17, 15) is 9.59 Å². The average molecular weight is 351 g/mol. The first-order chi connectivity index (χ1) is 11.0. The number of nitrogens with one attached hydrogen (secondary N) is 2. The Bertz CT molecular complexity index is 735. The highest BCUT2D eigenvalue weighted by Crippen LogP contribution is 2.21. The van der Waals surface area contributed by atoms with E-state index in [0.29, 0.717) is 0 Å². The van der Waals surface area contributed by atoms with Gasteiger partial charge in [-0.3, -0.25) is 9.59 Å². The second-order valence-corrected chi connectivity index (χ2v) is 6.14. The predicted octanol–water partition coefficient (Wildman–Crippen LogP) is 1.84. The lowest BCUT2D eigenvalue weighted by Gasteiger charge is -2.13. The number of amides is 2. The molecule has 3 rings (SSSR count). The van der Waals surface area contributed by atoms with Crippen LogP contribution >= 0.6 is 12.4 Å². The number of rotatable bonds is 4. The number of hydrogen-bond donors (Lipinski definition) is 2. The largest absolute Gasteiger partial charge is 0.347 e. The summed E-state index contributed by atoms with van der Waals surface area (Å²) in [5.41, 5.74) is 1.70. The summed E-state index contributed by atoms with van der Waals surface area (Å²) in [6, 6.07) is 7.65. The lowest BCUT2D eigenvalue weighted by molar-refractivity contribution is -0.129. The van der Waals surface area contributed by atoms with Gasteiger partial charge in [-0.1, -0.05) is 6.07 Å². The second kappa shape index (κ2) is 7.68. The molecular formula is C17H23ClN4O2. The van der Waals surface area contributed by atoms with E-state index in [1.165, 1.54) is 0 Å². The zero-order chi connectivity index (χ0) is 16.4. The first-order valence-corrected chi connectivity index (χ1v) is 7.88. The van der Waals surface area contributed by atoms with E-state index in [0.717, 1.165) is 36.0 Å². The maximum atomic E-state index is 12.2. The van der Waals surface area contributed by atoms with Gasteiger partial charge in [0.2, 0.25) is 11.8 Å². The van der Waals surface area contributed by atoms with Crippen LogP contribution < -0.4 is 10.6 Å². The van der Waals surface area contributed by atoms with Gasteiger partial charge in [-0.15, -0.1) is 12.4 Å². The SMILES string of the molecule is CN(C)C(=O)Cn1ccc2ccc(NC(=O)C3CCCN3)cc21.Cl. The number of fused-ring (bicyclic) bond motifs is 1. The Morgan fingerprint density at radius 1 is 1.33 bits per heavy atom. The molecule has 1 aliphatic rings. The number of anilines is 1. The summed E-state index contributed by atoms with van der Waals surface area (Å²) in [6.45, 7) is 1.19. The van der Waals surface area contributed by atoms with Gasteiger partial charge in [0.15, 0.2) is 0 Å². The molecule has 2 amide bonds. The summed E-state index contributed by atoms with van der Waals surface area (Å²) in [7, 11) is 3.49. The van der Waals surface area contributed by atoms with E-state index in [1.54, 1.807) is 19.0 Å². The van der Waals surface area contributed by atoms with Crippen molar-refractivity contribution in [3.63, 3.8) is 0 Å². The highest BCUT2D eigenvalue weighted by atomic mass is 35.5. The maximum Gasteiger partial charge on any atom is 0.241 e. The van der Waals surface area contributed by atoms with Crippen molar-refractivity contribution in [1.82, 2.24) is 14.8 Å². The molecule has 1 atom stereocenters. The van der Waals surface area contributed by atoms with Crippen LogP contribution in [-0.2, 0) is 16.1 Å². The summed E-state index contributed by atoms with van der Waals surface area (Å²) in [4.78, 5) is 25.7. The predicted molar refractivity (Wildman–Crippen MR) is 97.5 cm³/mol. The zero-order valence-corrected chi connectivity index (χ0v) is 14.7. The smallest absolute Gasteiger partial charge is 0.241 e. The number of halogens is 1. The van der Waals surface area contributed by atoms with E-state index >= 15 is 0 Å². The van der Waals surface area contributed by atoms with Crippen LogP contribution in [0.3, 0.4) is 0 Å². The van der Waals surface area contributed by atoms with Gasteiger partial charge in [0.25, 0.3) is 0 Å². The Balaban J connectivity index is 0.00000208. The molecule has 7 heteroatoms. The molecule has 0 bridgehead atoms. The van der Waals surface area contributed by atoms with Gasteiger partial charge in [-0.2, -0.15) is 0 Å². The molecule has 0 saturated carbocycles. The molecule has 1 aromatic carbocycles. The highest BCUT2D eigenvalue weighted by molar-refractivity contribution is 5.97. The Kier molecular flexibility index (Phi) is 5.85. The summed E-state index contributed by atoms with van der Waals surface area (Å²) >= 11 is 0. The Morgan fingerprint density at radius 2 is 2.12 bits per heavy atom. The Morgan fingerprint density at radius 3 is 2.79 bits per heavy atom. The zero-order valence-electron chi connectivity index (χ0n) is 13.9. The van der Waals surface area contributed by atoms with Crippen LogP contribution in [-0.4, -0.2) is 48.0 Å². The van der Waals surface area contributed by atoms with Crippen LogP contribution in [0.1, 0.15) is 12.8 Å². The van der Waals surface area contributed by atoms with Gasteiger partial charge in [0, 0.05) is 26.0 Å². The molecule has 1 unspecified atom stereocenters. The average Bonchev–Trinajstić information content (AvgIpc) is 3.17. The minimum atomic E-state index is -0.104. The molecular weight excluding hydrogens is 328 g/mol. The third-order valence-corrected chi connectivity index (χ3v) is 4.22. The normalized spacial score (nSPS) is 16.7. The van der Waals surface area contributed by atoms with Crippen molar-refractivity contribution >= 4 is 40.8 Å². The summed E-state index contributed by atoms with van der Waals surface area (Å²) in [5, 5.41) is 7.20. The number of likely N-dealkylation sites (N-methyl/N-ethyl adjacent to an activating group) is 1. The van der Waals surface area contributed by atoms with Gasteiger partial charge >= 0.3 is 0 Å². The molecule has 24 heavy (non-hydrogen) atoms. The van der Waals surface area contributed by atoms with Gasteiger partial charge in [0.05, 0.1) is 11.6 Å². The number of benzene rings is 1. The van der Waals surface area contributed by atoms with Crippen molar-refractivity contribution in [2.45, 2.75) is 25.4 Å². The molecule has 130 valence electrons. The van der Waals surface area contributed by atoms with Gasteiger partial charge in [0.1, 0.15) is 6.54 Å². The molecule has 1 saturated heterocycles. The maximum absolute atomic E-state index is 12.2. The molecule has 1 aliphatic heterocycles. The van der Waals surface area contributed by atoms with E-state index in [2.05, 4.69) is 10.6 Å². The van der Waals surface area contributed by atoms with Crippen molar-refractivity contribution in [2.24, 2.45) is 0 Å². The van der Waals surface area contributed by atoms with Gasteiger partial charge in [-0.25, -0.2) is 0 Å². The van der Waals surface area contributed by atoms with Crippen molar-refractivity contribution in [2.75, 3.05) is 26.0 Å². The number of aromatic nitrogens is 1. The van der Waals surface area contributed by atoms with E-state index in [1.807, 2.05) is 35.0 Å². The number of carbonyl (C=O) groups is 2. The summed E-state index contributed by atoms with van der Waals surface area (Å²) in [5.74, 6) is 0.0384. The quantitative estimate of drug-likeness (QED) is 0.884. The van der Waals surface area contributed by atoms with E-state index in [-0.39, 0.29) is 36.8 Å². The number of nitrogens with zero attached hydrogens (tertiary/aromatic N) is 2. The fourth-order valence-corrected chi connectivity index (χ4v) is 2.82. The summed E-state index contributed by atoms with van der Waals surface area (Å²) < 4.78 is 1.90. The van der Waals surface area contributed by atoms with E-state index in [4.69, 9.17) is 0 Å². The lowest BCUT2D eigenvalue weighted by atomic mass is 10.2. The Labute approximate surface area is 147 Å². The molecule has 0 aliphatic carbocycles. The van der Waals surface area contributed by atoms with Crippen LogP contribution in [0.2, 0.25) is 0 Å². The van der Waals surface area contributed by atoms with Crippen LogP contribution in [0.5, 0.6) is 0 Å². The van der Waals surface area contributed by atoms with Crippen molar-refractivity contribution < 1.29 is 9.59 Å². The molecule has 0 radical (unpaired) electrons. The second-order valence-electron chi connectivity index (χ2n) is 6.14. The van der Waals surface area contributed by atoms with Crippen LogP contribution in [0.15, 0.2) is 30.5 Å². The molecule has 1 aromatic heterocycles. The van der Waals surface area contributed by atoms with Gasteiger partial charge in [-0.05, 0) is 43.0 Å². The van der Waals surface area contributed by atoms with Crippen molar-refractivity contribution in [3.8, 4) is 0 Å². The Hall–Kier alpha value is -2.05. The van der Waals surface area contributed by atoms with Crippen LogP contribution in [0.4, 0.5) is 5.69 Å². The van der Waals surface area contributed by atoms with Crippen molar-refractivity contribution in [1.29, 1.82) is 0 Å². The molecule has 2 aromatic rings.